The van der Waals surface area contributed by atoms with Crippen molar-refractivity contribution >= 4 is 10.0 Å². The van der Waals surface area contributed by atoms with E-state index < -0.39 is 10.0 Å². The molecule has 3 nitrogen and oxygen atoms in total. The second-order valence-corrected chi connectivity index (χ2v) is 7.29. The summed E-state index contributed by atoms with van der Waals surface area (Å²) in [6.07, 6.45) is 3.06. The van der Waals surface area contributed by atoms with Gasteiger partial charge in [-0.25, -0.2) is 13.1 Å². The molecule has 0 aliphatic heterocycles. The summed E-state index contributed by atoms with van der Waals surface area (Å²) in [7, 11) is -3.39. The second-order valence-electron chi connectivity index (χ2n) is 5.61. The molecule has 0 aliphatic carbocycles. The van der Waals surface area contributed by atoms with Gasteiger partial charge in [0.25, 0.3) is 0 Å². The number of hydrogen-bond acceptors (Lipinski definition) is 2. The standard InChI is InChI=1S/C15H25NO2S/c1-12(2)8-7-10-14(4)16-19(17,18)15-11-6-5-9-13(15)3/h5-6,9,11-12,14,16H,7-8,10H2,1-4H3. The van der Waals surface area contributed by atoms with E-state index in [2.05, 4.69) is 18.6 Å². The van der Waals surface area contributed by atoms with Crippen LogP contribution in [0.2, 0.25) is 0 Å². The van der Waals surface area contributed by atoms with E-state index in [1.54, 1.807) is 12.1 Å². The molecule has 0 saturated heterocycles. The first kappa shape index (κ1) is 16.2. The minimum Gasteiger partial charge on any atom is -0.208 e. The first-order chi connectivity index (χ1) is 8.83. The maximum atomic E-state index is 12.2. The van der Waals surface area contributed by atoms with Gasteiger partial charge in [-0.15, -0.1) is 0 Å². The van der Waals surface area contributed by atoms with Crippen molar-refractivity contribution in [1.29, 1.82) is 0 Å². The number of nitrogens with one attached hydrogen (secondary N) is 1. The normalized spacial score (nSPS) is 13.7. The second kappa shape index (κ2) is 7.06. The summed E-state index contributed by atoms with van der Waals surface area (Å²) >= 11 is 0. The van der Waals surface area contributed by atoms with Crippen molar-refractivity contribution in [2.75, 3.05) is 0 Å². The summed E-state index contributed by atoms with van der Waals surface area (Å²) in [5.74, 6) is 0.667. The Morgan fingerprint density at radius 3 is 2.32 bits per heavy atom. The quantitative estimate of drug-likeness (QED) is 0.832. The summed E-state index contributed by atoms with van der Waals surface area (Å²) < 4.78 is 27.3. The lowest BCUT2D eigenvalue weighted by Crippen LogP contribution is -2.33. The predicted octanol–water partition coefficient (Wildman–Crippen LogP) is 3.49. The molecule has 0 spiro atoms. The van der Waals surface area contributed by atoms with Crippen molar-refractivity contribution in [1.82, 2.24) is 4.72 Å². The van der Waals surface area contributed by atoms with E-state index in [0.29, 0.717) is 10.8 Å². The third-order valence-corrected chi connectivity index (χ3v) is 4.91. The average Bonchev–Trinajstić information content (AvgIpc) is 2.27. The molecule has 0 amide bonds. The maximum Gasteiger partial charge on any atom is 0.241 e. The molecule has 1 aromatic rings. The predicted molar refractivity (Wildman–Crippen MR) is 79.7 cm³/mol. The Hall–Kier alpha value is -0.870. The highest BCUT2D eigenvalue weighted by Gasteiger charge is 2.18. The van der Waals surface area contributed by atoms with E-state index in [0.717, 1.165) is 24.8 Å². The van der Waals surface area contributed by atoms with Crippen LogP contribution >= 0.6 is 0 Å². The molecule has 0 fully saturated rings. The lowest BCUT2D eigenvalue weighted by molar-refractivity contribution is 0.488. The van der Waals surface area contributed by atoms with Crippen LogP contribution in [-0.2, 0) is 10.0 Å². The van der Waals surface area contributed by atoms with Crippen molar-refractivity contribution < 1.29 is 8.42 Å². The van der Waals surface area contributed by atoms with Crippen LogP contribution in [0.15, 0.2) is 29.2 Å². The summed E-state index contributed by atoms with van der Waals surface area (Å²) in [6, 6.07) is 7.05. The molecule has 0 radical (unpaired) electrons. The van der Waals surface area contributed by atoms with Crippen LogP contribution in [0, 0.1) is 12.8 Å². The molecular formula is C15H25NO2S. The molecule has 19 heavy (non-hydrogen) atoms. The molecule has 0 heterocycles. The molecule has 0 aromatic heterocycles. The fraction of sp³-hybridized carbons (Fsp3) is 0.600. The third kappa shape index (κ3) is 5.33. The zero-order valence-electron chi connectivity index (χ0n) is 12.3. The Labute approximate surface area is 117 Å². The molecule has 1 N–H and O–H groups in total. The summed E-state index contributed by atoms with van der Waals surface area (Å²) in [4.78, 5) is 0.380. The molecule has 1 rings (SSSR count). The van der Waals surface area contributed by atoms with Gasteiger partial charge in [-0.05, 0) is 37.8 Å². The van der Waals surface area contributed by atoms with Gasteiger partial charge in [0.05, 0.1) is 4.90 Å². The van der Waals surface area contributed by atoms with E-state index in [1.165, 1.54) is 0 Å². The van der Waals surface area contributed by atoms with Gasteiger partial charge < -0.3 is 0 Å². The fourth-order valence-electron chi connectivity index (χ4n) is 2.08. The first-order valence-corrected chi connectivity index (χ1v) is 8.39. The lowest BCUT2D eigenvalue weighted by Gasteiger charge is -2.15. The number of aryl methyl sites for hydroxylation is 1. The Kier molecular flexibility index (Phi) is 6.01. The molecule has 4 heteroatoms. The SMILES string of the molecule is Cc1ccccc1S(=O)(=O)NC(C)CCCC(C)C. The zero-order chi connectivity index (χ0) is 14.5. The smallest absolute Gasteiger partial charge is 0.208 e. The monoisotopic (exact) mass is 283 g/mol. The van der Waals surface area contributed by atoms with Crippen LogP contribution in [0.4, 0.5) is 0 Å². The largest absolute Gasteiger partial charge is 0.241 e. The number of rotatable bonds is 7. The minimum atomic E-state index is -3.39. The van der Waals surface area contributed by atoms with Crippen LogP contribution < -0.4 is 4.72 Å². The van der Waals surface area contributed by atoms with Crippen molar-refractivity contribution in [3.63, 3.8) is 0 Å². The van der Waals surface area contributed by atoms with Gasteiger partial charge in [-0.1, -0.05) is 44.9 Å². The van der Waals surface area contributed by atoms with E-state index >= 15 is 0 Å². The Morgan fingerprint density at radius 2 is 1.74 bits per heavy atom. The van der Waals surface area contributed by atoms with Crippen LogP contribution in [0.3, 0.4) is 0 Å². The third-order valence-electron chi connectivity index (χ3n) is 3.16. The van der Waals surface area contributed by atoms with Gasteiger partial charge in [0, 0.05) is 6.04 Å². The van der Waals surface area contributed by atoms with E-state index in [-0.39, 0.29) is 6.04 Å². The minimum absolute atomic E-state index is 0.0247. The molecule has 0 saturated carbocycles. The van der Waals surface area contributed by atoms with Gasteiger partial charge in [-0.2, -0.15) is 0 Å². The molecule has 1 atom stereocenters. The fourth-order valence-corrected chi connectivity index (χ4v) is 3.60. The maximum absolute atomic E-state index is 12.2. The van der Waals surface area contributed by atoms with Gasteiger partial charge in [0.15, 0.2) is 0 Å². The number of hydrogen-bond donors (Lipinski definition) is 1. The van der Waals surface area contributed by atoms with Gasteiger partial charge >= 0.3 is 0 Å². The molecule has 0 bridgehead atoms. The number of sulfonamides is 1. The van der Waals surface area contributed by atoms with Crippen LogP contribution in [0.25, 0.3) is 0 Å². The zero-order valence-corrected chi connectivity index (χ0v) is 13.1. The Bertz CT molecular complexity index is 495. The van der Waals surface area contributed by atoms with Crippen molar-refractivity contribution in [3.05, 3.63) is 29.8 Å². The molecule has 1 aromatic carbocycles. The first-order valence-electron chi connectivity index (χ1n) is 6.91. The Morgan fingerprint density at radius 1 is 1.11 bits per heavy atom. The molecule has 1 unspecified atom stereocenters. The van der Waals surface area contributed by atoms with Crippen molar-refractivity contribution in [2.45, 2.75) is 57.9 Å². The molecule has 108 valence electrons. The van der Waals surface area contributed by atoms with Crippen LogP contribution in [-0.4, -0.2) is 14.5 Å². The summed E-state index contributed by atoms with van der Waals surface area (Å²) in [5.41, 5.74) is 0.782. The average molecular weight is 283 g/mol. The Balaban J connectivity index is 2.63. The van der Waals surface area contributed by atoms with E-state index in [4.69, 9.17) is 0 Å². The highest BCUT2D eigenvalue weighted by molar-refractivity contribution is 7.89. The van der Waals surface area contributed by atoms with Crippen molar-refractivity contribution in [2.24, 2.45) is 5.92 Å². The molecular weight excluding hydrogens is 258 g/mol. The van der Waals surface area contributed by atoms with E-state index in [9.17, 15) is 8.42 Å². The van der Waals surface area contributed by atoms with Crippen molar-refractivity contribution in [3.8, 4) is 0 Å². The highest BCUT2D eigenvalue weighted by atomic mass is 32.2. The van der Waals surface area contributed by atoms with Gasteiger partial charge in [0.1, 0.15) is 0 Å². The van der Waals surface area contributed by atoms with Gasteiger partial charge in [0.2, 0.25) is 10.0 Å². The van der Waals surface area contributed by atoms with Crippen LogP contribution in [0.1, 0.15) is 45.6 Å². The topological polar surface area (TPSA) is 46.2 Å². The summed E-state index contributed by atoms with van der Waals surface area (Å²) in [5, 5.41) is 0. The van der Waals surface area contributed by atoms with Crippen LogP contribution in [0.5, 0.6) is 0 Å². The lowest BCUT2D eigenvalue weighted by atomic mass is 10.0. The highest BCUT2D eigenvalue weighted by Crippen LogP contribution is 2.15. The summed E-state index contributed by atoms with van der Waals surface area (Å²) in [6.45, 7) is 8.11. The molecule has 0 aliphatic rings. The van der Waals surface area contributed by atoms with Gasteiger partial charge in [-0.3, -0.25) is 0 Å². The van der Waals surface area contributed by atoms with E-state index in [1.807, 2.05) is 26.0 Å². The number of benzene rings is 1.